The van der Waals surface area contributed by atoms with Crippen LogP contribution in [0.1, 0.15) is 6.42 Å². The standard InChI is InChI=1S/C14H17BrN2O4/c15-10-2-1-3-11(6-10)16-13(18)9-17-4-5-21-12(8-17)7-14(19)20/h1-3,6,12H,4-5,7-9H2,(H,16,18)(H,19,20). The van der Waals surface area contributed by atoms with Crippen molar-refractivity contribution >= 4 is 33.5 Å². The second-order valence-corrected chi connectivity index (χ2v) is 5.80. The molecule has 0 aliphatic carbocycles. The zero-order valence-electron chi connectivity index (χ0n) is 11.4. The molecule has 1 amide bonds. The van der Waals surface area contributed by atoms with E-state index in [0.717, 1.165) is 10.2 Å². The minimum Gasteiger partial charge on any atom is -0.481 e. The lowest BCUT2D eigenvalue weighted by Gasteiger charge is -2.31. The second kappa shape index (κ2) is 7.53. The van der Waals surface area contributed by atoms with E-state index >= 15 is 0 Å². The van der Waals surface area contributed by atoms with Crippen LogP contribution in [0.3, 0.4) is 0 Å². The Morgan fingerprint density at radius 3 is 3.00 bits per heavy atom. The van der Waals surface area contributed by atoms with Gasteiger partial charge in [-0.3, -0.25) is 14.5 Å². The second-order valence-electron chi connectivity index (χ2n) is 4.88. The van der Waals surface area contributed by atoms with Crippen molar-refractivity contribution < 1.29 is 19.4 Å². The molecule has 1 fully saturated rings. The molecular formula is C14H17BrN2O4. The van der Waals surface area contributed by atoms with Gasteiger partial charge in [0.05, 0.1) is 25.7 Å². The molecule has 1 atom stereocenters. The molecule has 1 aliphatic heterocycles. The minimum absolute atomic E-state index is 0.0379. The lowest BCUT2D eigenvalue weighted by atomic mass is 10.2. The van der Waals surface area contributed by atoms with Crippen molar-refractivity contribution in [1.29, 1.82) is 0 Å². The zero-order valence-corrected chi connectivity index (χ0v) is 13.0. The van der Waals surface area contributed by atoms with Gasteiger partial charge in [0, 0.05) is 23.2 Å². The van der Waals surface area contributed by atoms with Gasteiger partial charge in [-0.2, -0.15) is 0 Å². The van der Waals surface area contributed by atoms with Crippen LogP contribution < -0.4 is 5.32 Å². The number of carboxylic acids is 1. The van der Waals surface area contributed by atoms with Crippen LogP contribution in [0.4, 0.5) is 5.69 Å². The van der Waals surface area contributed by atoms with Crippen LogP contribution in [0.5, 0.6) is 0 Å². The average molecular weight is 357 g/mol. The first kappa shape index (κ1) is 15.9. The van der Waals surface area contributed by atoms with Crippen LogP contribution in [-0.2, 0) is 14.3 Å². The summed E-state index contributed by atoms with van der Waals surface area (Å²) < 4.78 is 6.27. The van der Waals surface area contributed by atoms with Gasteiger partial charge in [0.25, 0.3) is 0 Å². The van der Waals surface area contributed by atoms with Crippen molar-refractivity contribution in [2.75, 3.05) is 31.6 Å². The highest BCUT2D eigenvalue weighted by Crippen LogP contribution is 2.16. The summed E-state index contributed by atoms with van der Waals surface area (Å²) in [5.41, 5.74) is 0.727. The maximum Gasteiger partial charge on any atom is 0.306 e. The van der Waals surface area contributed by atoms with Gasteiger partial charge in [0.2, 0.25) is 5.91 Å². The van der Waals surface area contributed by atoms with E-state index in [-0.39, 0.29) is 25.0 Å². The molecule has 21 heavy (non-hydrogen) atoms. The maximum absolute atomic E-state index is 12.0. The first-order valence-electron chi connectivity index (χ1n) is 6.64. The first-order chi connectivity index (χ1) is 10.0. The molecule has 114 valence electrons. The molecule has 1 aliphatic rings. The van der Waals surface area contributed by atoms with Gasteiger partial charge >= 0.3 is 5.97 Å². The number of carbonyl (C=O) groups is 2. The van der Waals surface area contributed by atoms with E-state index in [1.54, 1.807) is 0 Å². The number of nitrogens with one attached hydrogen (secondary N) is 1. The van der Waals surface area contributed by atoms with Gasteiger partial charge in [-0.15, -0.1) is 0 Å². The van der Waals surface area contributed by atoms with Crippen molar-refractivity contribution in [3.63, 3.8) is 0 Å². The van der Waals surface area contributed by atoms with E-state index in [4.69, 9.17) is 9.84 Å². The molecule has 2 rings (SSSR count). The topological polar surface area (TPSA) is 78.9 Å². The quantitative estimate of drug-likeness (QED) is 0.836. The summed E-state index contributed by atoms with van der Waals surface area (Å²) in [5.74, 6) is -1.01. The fourth-order valence-electron chi connectivity index (χ4n) is 2.21. The SMILES string of the molecule is O=C(O)CC1CN(CC(=O)Nc2cccc(Br)c2)CCO1. The Labute approximate surface area is 131 Å². The number of ether oxygens (including phenoxy) is 1. The monoisotopic (exact) mass is 356 g/mol. The number of nitrogens with zero attached hydrogens (tertiary/aromatic N) is 1. The number of carboxylic acid groups (broad SMARTS) is 1. The van der Waals surface area contributed by atoms with Crippen LogP contribution in [0.15, 0.2) is 28.7 Å². The Morgan fingerprint density at radius 2 is 2.29 bits per heavy atom. The smallest absolute Gasteiger partial charge is 0.306 e. The number of carbonyl (C=O) groups excluding carboxylic acids is 1. The summed E-state index contributed by atoms with van der Waals surface area (Å²) in [6, 6.07) is 7.37. The van der Waals surface area contributed by atoms with Crippen molar-refractivity contribution in [3.05, 3.63) is 28.7 Å². The van der Waals surface area contributed by atoms with E-state index in [2.05, 4.69) is 21.2 Å². The predicted octanol–water partition coefficient (Wildman–Crippen LogP) is 1.56. The van der Waals surface area contributed by atoms with Crippen LogP contribution in [-0.4, -0.2) is 54.2 Å². The molecule has 1 aromatic carbocycles. The van der Waals surface area contributed by atoms with Gasteiger partial charge < -0.3 is 15.2 Å². The minimum atomic E-state index is -0.888. The van der Waals surface area contributed by atoms with Crippen LogP contribution in [0.25, 0.3) is 0 Å². The Bertz CT molecular complexity index is 523. The Hall–Kier alpha value is -1.44. The van der Waals surface area contributed by atoms with Crippen molar-refractivity contribution in [3.8, 4) is 0 Å². The molecule has 2 N–H and O–H groups in total. The predicted molar refractivity (Wildman–Crippen MR) is 81.2 cm³/mol. The molecule has 6 nitrogen and oxygen atoms in total. The molecule has 1 unspecified atom stereocenters. The molecule has 1 heterocycles. The van der Waals surface area contributed by atoms with Gasteiger partial charge in [-0.05, 0) is 18.2 Å². The molecule has 0 saturated carbocycles. The molecule has 0 aromatic heterocycles. The summed E-state index contributed by atoms with van der Waals surface area (Å²) in [6.45, 7) is 1.76. The summed E-state index contributed by atoms with van der Waals surface area (Å²) in [4.78, 5) is 24.6. The number of aliphatic carboxylic acids is 1. The third-order valence-corrected chi connectivity index (χ3v) is 3.59. The van der Waals surface area contributed by atoms with E-state index in [9.17, 15) is 9.59 Å². The van der Waals surface area contributed by atoms with E-state index in [1.165, 1.54) is 0 Å². The van der Waals surface area contributed by atoms with Gasteiger partial charge in [0.1, 0.15) is 0 Å². The fraction of sp³-hybridized carbons (Fsp3) is 0.429. The normalized spacial score (nSPS) is 19.2. The van der Waals surface area contributed by atoms with Gasteiger partial charge in [-0.25, -0.2) is 0 Å². The number of benzene rings is 1. The number of halogens is 1. The molecule has 0 radical (unpaired) electrons. The number of anilines is 1. The summed E-state index contributed by atoms with van der Waals surface area (Å²) in [6.07, 6.45) is -0.390. The number of rotatable bonds is 5. The molecule has 0 spiro atoms. The Balaban J connectivity index is 1.83. The van der Waals surface area contributed by atoms with Gasteiger partial charge in [0.15, 0.2) is 0 Å². The molecule has 1 saturated heterocycles. The van der Waals surface area contributed by atoms with Crippen LogP contribution >= 0.6 is 15.9 Å². The number of morpholine rings is 1. The Kier molecular flexibility index (Phi) is 5.72. The first-order valence-corrected chi connectivity index (χ1v) is 7.43. The van der Waals surface area contributed by atoms with E-state index in [0.29, 0.717) is 19.7 Å². The summed E-state index contributed by atoms with van der Waals surface area (Å²) in [5, 5.41) is 11.6. The number of hydrogen-bond donors (Lipinski definition) is 2. The third kappa shape index (κ3) is 5.45. The average Bonchev–Trinajstić information content (AvgIpc) is 2.37. The number of amides is 1. The van der Waals surface area contributed by atoms with Crippen molar-refractivity contribution in [2.45, 2.75) is 12.5 Å². The molecule has 7 heteroatoms. The maximum atomic E-state index is 12.0. The third-order valence-electron chi connectivity index (χ3n) is 3.10. The van der Waals surface area contributed by atoms with Crippen LogP contribution in [0, 0.1) is 0 Å². The number of hydrogen-bond acceptors (Lipinski definition) is 4. The lowest BCUT2D eigenvalue weighted by molar-refractivity contribution is -0.142. The molecular weight excluding hydrogens is 340 g/mol. The Morgan fingerprint density at radius 1 is 1.48 bits per heavy atom. The molecule has 1 aromatic rings. The van der Waals surface area contributed by atoms with E-state index in [1.807, 2.05) is 29.2 Å². The van der Waals surface area contributed by atoms with Crippen molar-refractivity contribution in [1.82, 2.24) is 4.90 Å². The fourth-order valence-corrected chi connectivity index (χ4v) is 2.61. The highest BCUT2D eigenvalue weighted by molar-refractivity contribution is 9.10. The lowest BCUT2D eigenvalue weighted by Crippen LogP contribution is -2.46. The van der Waals surface area contributed by atoms with Gasteiger partial charge in [-0.1, -0.05) is 22.0 Å². The van der Waals surface area contributed by atoms with E-state index < -0.39 is 5.97 Å². The highest BCUT2D eigenvalue weighted by atomic mass is 79.9. The molecule has 0 bridgehead atoms. The summed E-state index contributed by atoms with van der Waals surface area (Å²) in [7, 11) is 0. The van der Waals surface area contributed by atoms with Crippen LogP contribution in [0.2, 0.25) is 0 Å². The largest absolute Gasteiger partial charge is 0.481 e. The highest BCUT2D eigenvalue weighted by Gasteiger charge is 2.24. The van der Waals surface area contributed by atoms with Crippen molar-refractivity contribution in [2.24, 2.45) is 0 Å². The zero-order chi connectivity index (χ0) is 15.2. The summed E-state index contributed by atoms with van der Waals surface area (Å²) >= 11 is 3.35.